The second kappa shape index (κ2) is 3.27. The van der Waals surface area contributed by atoms with E-state index in [-0.39, 0.29) is 4.21 Å². The summed E-state index contributed by atoms with van der Waals surface area (Å²) >= 11 is 0.899. The van der Waals surface area contributed by atoms with Gasteiger partial charge in [0.05, 0.1) is 5.69 Å². The number of nitrogens with zero attached hydrogens (tertiary/aromatic N) is 1. The molecule has 0 aliphatic heterocycles. The van der Waals surface area contributed by atoms with E-state index in [9.17, 15) is 13.5 Å². The summed E-state index contributed by atoms with van der Waals surface area (Å²) in [7, 11) is -3.73. The first-order valence-electron chi connectivity index (χ1n) is 3.85. The molecule has 0 fully saturated rings. The second-order valence-electron chi connectivity index (χ2n) is 3.50. The van der Waals surface area contributed by atoms with Crippen molar-refractivity contribution < 1.29 is 13.5 Å². The van der Waals surface area contributed by atoms with Crippen LogP contribution in [-0.2, 0) is 15.6 Å². The van der Waals surface area contributed by atoms with Crippen LogP contribution in [0.25, 0.3) is 0 Å². The van der Waals surface area contributed by atoms with Crippen LogP contribution in [0.15, 0.2) is 4.21 Å². The molecule has 1 aromatic rings. The van der Waals surface area contributed by atoms with Crippen molar-refractivity contribution in [1.82, 2.24) is 4.98 Å². The highest BCUT2D eigenvalue weighted by atomic mass is 32.2. The molecular weight excluding hydrogens is 224 g/mol. The molecule has 0 amide bonds. The molecule has 0 bridgehead atoms. The fourth-order valence-electron chi connectivity index (χ4n) is 0.908. The number of sulfonamides is 1. The zero-order valence-corrected chi connectivity index (χ0v) is 9.74. The summed E-state index contributed by atoms with van der Waals surface area (Å²) in [6.07, 6.45) is 0. The van der Waals surface area contributed by atoms with Crippen molar-refractivity contribution >= 4 is 21.4 Å². The van der Waals surface area contributed by atoms with Crippen LogP contribution in [0.1, 0.15) is 24.5 Å². The fourth-order valence-corrected chi connectivity index (χ4v) is 2.87. The summed E-state index contributed by atoms with van der Waals surface area (Å²) in [6.45, 7) is 4.63. The van der Waals surface area contributed by atoms with E-state index in [2.05, 4.69) is 4.98 Å². The molecular formula is C7H12N2O3S2. The zero-order chi connectivity index (χ0) is 11.1. The zero-order valence-electron chi connectivity index (χ0n) is 8.10. The number of aryl methyl sites for hydroxylation is 1. The molecule has 0 aliphatic carbocycles. The molecule has 0 radical (unpaired) electrons. The van der Waals surface area contributed by atoms with Gasteiger partial charge in [-0.25, -0.2) is 18.5 Å². The maximum atomic E-state index is 11.1. The van der Waals surface area contributed by atoms with E-state index < -0.39 is 15.6 Å². The predicted octanol–water partition coefficient (Wildman–Crippen LogP) is 0.326. The standard InChI is InChI=1S/C7H12N2O3S2/c1-4-5(14(8,11)12)13-6(9-4)7(2,3)10/h10H,1-3H3,(H2,8,11,12). The van der Waals surface area contributed by atoms with Crippen LogP contribution in [0.5, 0.6) is 0 Å². The Labute approximate surface area is 86.6 Å². The van der Waals surface area contributed by atoms with Gasteiger partial charge in [0.15, 0.2) is 4.21 Å². The lowest BCUT2D eigenvalue weighted by atomic mass is 10.2. The quantitative estimate of drug-likeness (QED) is 0.773. The number of rotatable bonds is 2. The van der Waals surface area contributed by atoms with E-state index in [4.69, 9.17) is 5.14 Å². The molecule has 0 aliphatic rings. The Balaban J connectivity index is 3.33. The van der Waals surface area contributed by atoms with Crippen LogP contribution in [0.2, 0.25) is 0 Å². The number of thiazole rings is 1. The second-order valence-corrected chi connectivity index (χ2v) is 6.25. The van der Waals surface area contributed by atoms with E-state index in [0.717, 1.165) is 11.3 Å². The van der Waals surface area contributed by atoms with Crippen molar-refractivity contribution in [1.29, 1.82) is 0 Å². The number of aliphatic hydroxyl groups is 1. The molecule has 1 heterocycles. The average molecular weight is 236 g/mol. The van der Waals surface area contributed by atoms with Crippen LogP contribution in [0, 0.1) is 6.92 Å². The minimum absolute atomic E-state index is 0.00891. The Hall–Kier alpha value is -0.500. The Morgan fingerprint density at radius 3 is 2.21 bits per heavy atom. The van der Waals surface area contributed by atoms with Gasteiger partial charge in [-0.2, -0.15) is 0 Å². The third-order valence-corrected chi connectivity index (χ3v) is 4.56. The smallest absolute Gasteiger partial charge is 0.249 e. The number of hydrogen-bond acceptors (Lipinski definition) is 5. The molecule has 80 valence electrons. The van der Waals surface area contributed by atoms with Crippen LogP contribution in [0.3, 0.4) is 0 Å². The van der Waals surface area contributed by atoms with Crippen molar-refractivity contribution in [3.63, 3.8) is 0 Å². The summed E-state index contributed by atoms with van der Waals surface area (Å²) in [6, 6.07) is 0. The third-order valence-electron chi connectivity index (χ3n) is 1.54. The molecule has 0 atom stereocenters. The summed E-state index contributed by atoms with van der Waals surface area (Å²) < 4.78 is 22.1. The molecule has 5 nitrogen and oxygen atoms in total. The predicted molar refractivity (Wildman–Crippen MR) is 53.5 cm³/mol. The van der Waals surface area contributed by atoms with Crippen molar-refractivity contribution in [3.8, 4) is 0 Å². The van der Waals surface area contributed by atoms with Gasteiger partial charge in [-0.15, -0.1) is 11.3 Å². The molecule has 14 heavy (non-hydrogen) atoms. The SMILES string of the molecule is Cc1nc(C(C)(C)O)sc1S(N)(=O)=O. The normalized spacial score (nSPS) is 13.2. The number of primary sulfonamides is 1. The van der Waals surface area contributed by atoms with E-state index in [1.54, 1.807) is 6.92 Å². The first kappa shape index (κ1) is 11.6. The van der Waals surface area contributed by atoms with Crippen LogP contribution >= 0.6 is 11.3 Å². The van der Waals surface area contributed by atoms with Crippen LogP contribution < -0.4 is 5.14 Å². The Morgan fingerprint density at radius 2 is 2.00 bits per heavy atom. The maximum Gasteiger partial charge on any atom is 0.249 e. The number of aromatic nitrogens is 1. The molecule has 3 N–H and O–H groups in total. The monoisotopic (exact) mass is 236 g/mol. The van der Waals surface area contributed by atoms with Gasteiger partial charge >= 0.3 is 0 Å². The summed E-state index contributed by atoms with van der Waals surface area (Å²) in [4.78, 5) is 3.96. The largest absolute Gasteiger partial charge is 0.383 e. The van der Waals surface area contributed by atoms with E-state index in [1.807, 2.05) is 0 Å². The summed E-state index contributed by atoms with van der Waals surface area (Å²) in [5, 5.41) is 14.9. The van der Waals surface area contributed by atoms with Crippen molar-refractivity contribution in [2.24, 2.45) is 5.14 Å². The summed E-state index contributed by atoms with van der Waals surface area (Å²) in [5.41, 5.74) is -0.812. The van der Waals surface area contributed by atoms with Crippen LogP contribution in [0.4, 0.5) is 0 Å². The first-order chi connectivity index (χ1) is 6.12. The molecule has 0 saturated carbocycles. The van der Waals surface area contributed by atoms with Gasteiger partial charge in [0.1, 0.15) is 10.6 Å². The van der Waals surface area contributed by atoms with Gasteiger partial charge < -0.3 is 5.11 Å². The van der Waals surface area contributed by atoms with Gasteiger partial charge in [0.2, 0.25) is 10.0 Å². The molecule has 1 rings (SSSR count). The highest BCUT2D eigenvalue weighted by Crippen LogP contribution is 2.29. The van der Waals surface area contributed by atoms with E-state index >= 15 is 0 Å². The first-order valence-corrected chi connectivity index (χ1v) is 6.22. The topological polar surface area (TPSA) is 93.3 Å². The van der Waals surface area contributed by atoms with Gasteiger partial charge in [-0.3, -0.25) is 0 Å². The minimum atomic E-state index is -3.73. The Morgan fingerprint density at radius 1 is 1.50 bits per heavy atom. The van der Waals surface area contributed by atoms with Crippen LogP contribution in [-0.4, -0.2) is 18.5 Å². The summed E-state index contributed by atoms with van der Waals surface area (Å²) in [5.74, 6) is 0. The lowest BCUT2D eigenvalue weighted by Gasteiger charge is -2.12. The lowest BCUT2D eigenvalue weighted by Crippen LogP contribution is -2.14. The van der Waals surface area contributed by atoms with Crippen molar-refractivity contribution in [2.75, 3.05) is 0 Å². The highest BCUT2D eigenvalue weighted by molar-refractivity contribution is 7.91. The lowest BCUT2D eigenvalue weighted by molar-refractivity contribution is 0.0781. The number of hydrogen-bond donors (Lipinski definition) is 2. The molecule has 1 aromatic heterocycles. The molecule has 7 heteroatoms. The minimum Gasteiger partial charge on any atom is -0.383 e. The van der Waals surface area contributed by atoms with Gasteiger partial charge in [-0.1, -0.05) is 0 Å². The molecule has 0 spiro atoms. The van der Waals surface area contributed by atoms with Crippen molar-refractivity contribution in [2.45, 2.75) is 30.6 Å². The molecule has 0 aromatic carbocycles. The van der Waals surface area contributed by atoms with Gasteiger partial charge in [0, 0.05) is 0 Å². The Bertz CT molecular complexity index is 442. The number of nitrogens with two attached hydrogens (primary N) is 1. The molecule has 0 unspecified atom stereocenters. The maximum absolute atomic E-state index is 11.1. The van der Waals surface area contributed by atoms with Gasteiger partial charge in [0.25, 0.3) is 0 Å². The van der Waals surface area contributed by atoms with E-state index in [0.29, 0.717) is 10.7 Å². The third kappa shape index (κ3) is 2.30. The average Bonchev–Trinajstić information content (AvgIpc) is 2.27. The van der Waals surface area contributed by atoms with E-state index in [1.165, 1.54) is 13.8 Å². The highest BCUT2D eigenvalue weighted by Gasteiger charge is 2.25. The van der Waals surface area contributed by atoms with Crippen molar-refractivity contribution in [3.05, 3.63) is 10.7 Å². The van der Waals surface area contributed by atoms with Gasteiger partial charge in [-0.05, 0) is 20.8 Å². The Kier molecular flexibility index (Phi) is 2.70. The fraction of sp³-hybridized carbons (Fsp3) is 0.571. The molecule has 0 saturated heterocycles.